The van der Waals surface area contributed by atoms with E-state index in [2.05, 4.69) is 22.8 Å². The maximum atomic E-state index is 12.5. The fourth-order valence-corrected chi connectivity index (χ4v) is 3.48. The van der Waals surface area contributed by atoms with Gasteiger partial charge in [-0.15, -0.1) is 0 Å². The van der Waals surface area contributed by atoms with Crippen LogP contribution in [0.25, 0.3) is 0 Å². The lowest BCUT2D eigenvalue weighted by molar-refractivity contribution is -0.123. The lowest BCUT2D eigenvalue weighted by atomic mass is 10.00. The van der Waals surface area contributed by atoms with Crippen LogP contribution in [0.4, 0.5) is 5.69 Å². The fourth-order valence-electron chi connectivity index (χ4n) is 3.48. The third-order valence-electron chi connectivity index (χ3n) is 4.99. The normalized spacial score (nSPS) is 18.1. The summed E-state index contributed by atoms with van der Waals surface area (Å²) < 4.78 is 10.8. The van der Waals surface area contributed by atoms with Gasteiger partial charge in [0, 0.05) is 24.2 Å². The number of carbonyl (C=O) groups is 2. The molecule has 0 radical (unpaired) electrons. The molecule has 1 saturated heterocycles. The SMILES string of the molecule is CCCCCc1c(OC)ccc2c1NC(=O)/C2=N\NC(=O)CN1CCOCC1. The zero-order chi connectivity index (χ0) is 19.9. The highest BCUT2D eigenvalue weighted by atomic mass is 16.5. The molecule has 8 nitrogen and oxygen atoms in total. The molecule has 0 aliphatic carbocycles. The van der Waals surface area contributed by atoms with Crippen molar-refractivity contribution in [3.8, 4) is 5.75 Å². The number of unbranched alkanes of at least 4 members (excludes halogenated alkanes) is 2. The van der Waals surface area contributed by atoms with Gasteiger partial charge in [-0.3, -0.25) is 14.5 Å². The minimum atomic E-state index is -0.313. The van der Waals surface area contributed by atoms with E-state index < -0.39 is 0 Å². The summed E-state index contributed by atoms with van der Waals surface area (Å²) in [6.07, 6.45) is 4.06. The van der Waals surface area contributed by atoms with Crippen LogP contribution in [0.3, 0.4) is 0 Å². The molecule has 0 spiro atoms. The van der Waals surface area contributed by atoms with Crippen LogP contribution in [0.15, 0.2) is 17.2 Å². The Kier molecular flexibility index (Phi) is 7.00. The van der Waals surface area contributed by atoms with E-state index in [4.69, 9.17) is 9.47 Å². The van der Waals surface area contributed by atoms with Gasteiger partial charge >= 0.3 is 0 Å². The van der Waals surface area contributed by atoms with Crippen LogP contribution in [-0.4, -0.2) is 62.4 Å². The van der Waals surface area contributed by atoms with Crippen molar-refractivity contribution >= 4 is 23.2 Å². The lowest BCUT2D eigenvalue weighted by Crippen LogP contribution is -2.42. The first-order valence-electron chi connectivity index (χ1n) is 9.82. The van der Waals surface area contributed by atoms with E-state index in [9.17, 15) is 9.59 Å². The molecule has 0 atom stereocenters. The van der Waals surface area contributed by atoms with Gasteiger partial charge in [0.2, 0.25) is 0 Å². The molecular formula is C20H28N4O4. The number of ether oxygens (including phenoxy) is 2. The molecule has 1 aromatic rings. The number of rotatable bonds is 8. The molecule has 152 valence electrons. The van der Waals surface area contributed by atoms with Gasteiger partial charge in [-0.25, -0.2) is 5.43 Å². The van der Waals surface area contributed by atoms with Crippen LogP contribution in [0.2, 0.25) is 0 Å². The molecule has 2 N–H and O–H groups in total. The Morgan fingerprint density at radius 1 is 1.32 bits per heavy atom. The number of anilines is 1. The number of morpholine rings is 1. The molecule has 8 heteroatoms. The number of nitrogens with zero attached hydrogens (tertiary/aromatic N) is 2. The van der Waals surface area contributed by atoms with Gasteiger partial charge in [-0.05, 0) is 25.0 Å². The van der Waals surface area contributed by atoms with Crippen LogP contribution in [0, 0.1) is 0 Å². The molecule has 28 heavy (non-hydrogen) atoms. The number of benzene rings is 1. The van der Waals surface area contributed by atoms with Gasteiger partial charge in [-0.2, -0.15) is 5.10 Å². The maximum absolute atomic E-state index is 12.5. The van der Waals surface area contributed by atoms with E-state index in [1.807, 2.05) is 17.0 Å². The molecule has 2 amide bonds. The summed E-state index contributed by atoms with van der Waals surface area (Å²) in [6.45, 7) is 5.07. The maximum Gasteiger partial charge on any atom is 0.276 e. The van der Waals surface area contributed by atoms with Gasteiger partial charge in [-0.1, -0.05) is 19.8 Å². The largest absolute Gasteiger partial charge is 0.496 e. The van der Waals surface area contributed by atoms with Crippen LogP contribution < -0.4 is 15.5 Å². The van der Waals surface area contributed by atoms with Crippen LogP contribution in [0.1, 0.15) is 37.3 Å². The summed E-state index contributed by atoms with van der Waals surface area (Å²) in [6, 6.07) is 3.66. The third-order valence-corrected chi connectivity index (χ3v) is 4.99. The Balaban J connectivity index is 1.73. The van der Waals surface area contributed by atoms with E-state index in [0.29, 0.717) is 31.9 Å². The molecule has 2 aliphatic heterocycles. The zero-order valence-electron chi connectivity index (χ0n) is 16.5. The summed E-state index contributed by atoms with van der Waals surface area (Å²) in [7, 11) is 1.63. The van der Waals surface area contributed by atoms with Gasteiger partial charge in [0.1, 0.15) is 5.75 Å². The third kappa shape index (κ3) is 4.69. The minimum Gasteiger partial charge on any atom is -0.496 e. The molecule has 0 bridgehead atoms. The highest BCUT2D eigenvalue weighted by molar-refractivity contribution is 6.54. The number of methoxy groups -OCH3 is 1. The minimum absolute atomic E-state index is 0.227. The zero-order valence-corrected chi connectivity index (χ0v) is 16.5. The average molecular weight is 388 g/mol. The van der Waals surface area contributed by atoms with Gasteiger partial charge < -0.3 is 14.8 Å². The predicted octanol–water partition coefficient (Wildman–Crippen LogP) is 1.53. The number of fused-ring (bicyclic) bond motifs is 1. The Morgan fingerprint density at radius 2 is 2.11 bits per heavy atom. The molecule has 1 fully saturated rings. The molecule has 0 saturated carbocycles. The first-order valence-corrected chi connectivity index (χ1v) is 9.82. The number of amides is 2. The Labute approximate surface area is 165 Å². The van der Waals surface area contributed by atoms with E-state index >= 15 is 0 Å². The first-order chi connectivity index (χ1) is 13.6. The quantitative estimate of drug-likeness (QED) is 0.521. The number of hydrogen-bond donors (Lipinski definition) is 2. The average Bonchev–Trinajstić information content (AvgIpc) is 3.03. The second kappa shape index (κ2) is 9.66. The number of hydrogen-bond acceptors (Lipinski definition) is 6. The Hall–Kier alpha value is -2.45. The molecular weight excluding hydrogens is 360 g/mol. The molecule has 1 aromatic carbocycles. The van der Waals surface area contributed by atoms with Crippen molar-refractivity contribution < 1.29 is 19.1 Å². The topological polar surface area (TPSA) is 92.3 Å². The number of nitrogens with one attached hydrogen (secondary N) is 2. The van der Waals surface area contributed by atoms with E-state index in [-0.39, 0.29) is 24.1 Å². The fraction of sp³-hybridized carbons (Fsp3) is 0.550. The lowest BCUT2D eigenvalue weighted by Gasteiger charge is -2.25. The molecule has 2 aliphatic rings. The van der Waals surface area contributed by atoms with Gasteiger partial charge in [0.25, 0.3) is 11.8 Å². The van der Waals surface area contributed by atoms with Crippen molar-refractivity contribution in [2.45, 2.75) is 32.6 Å². The standard InChI is InChI=1S/C20H28N4O4/c1-3-4-5-6-14-16(27-2)8-7-15-18(14)21-20(26)19(15)23-22-17(25)13-24-9-11-28-12-10-24/h7-8H,3-6,9-13H2,1-2H3,(H,22,25)(H,21,23,26). The van der Waals surface area contributed by atoms with Crippen LogP contribution in [-0.2, 0) is 20.7 Å². The summed E-state index contributed by atoms with van der Waals surface area (Å²) in [5.41, 5.74) is 5.16. The van der Waals surface area contributed by atoms with Crippen LogP contribution in [0.5, 0.6) is 5.75 Å². The van der Waals surface area contributed by atoms with Crippen molar-refractivity contribution in [3.05, 3.63) is 23.3 Å². The summed E-state index contributed by atoms with van der Waals surface area (Å²) in [5.74, 6) is 0.201. The molecule has 0 unspecified atom stereocenters. The summed E-state index contributed by atoms with van der Waals surface area (Å²) in [4.78, 5) is 26.6. The number of carbonyl (C=O) groups excluding carboxylic acids is 2. The first kappa shape index (κ1) is 20.3. The van der Waals surface area contributed by atoms with Crippen molar-refractivity contribution in [3.63, 3.8) is 0 Å². The van der Waals surface area contributed by atoms with E-state index in [0.717, 1.165) is 42.7 Å². The monoisotopic (exact) mass is 388 g/mol. The highest BCUT2D eigenvalue weighted by Gasteiger charge is 2.30. The van der Waals surface area contributed by atoms with Gasteiger partial charge in [0.15, 0.2) is 5.71 Å². The van der Waals surface area contributed by atoms with E-state index in [1.54, 1.807) is 7.11 Å². The smallest absolute Gasteiger partial charge is 0.276 e. The van der Waals surface area contributed by atoms with Crippen molar-refractivity contribution in [1.29, 1.82) is 0 Å². The molecule has 3 rings (SSSR count). The summed E-state index contributed by atoms with van der Waals surface area (Å²) in [5, 5.41) is 7.01. The second-order valence-electron chi connectivity index (χ2n) is 6.96. The molecule has 0 aromatic heterocycles. The van der Waals surface area contributed by atoms with Gasteiger partial charge in [0.05, 0.1) is 32.6 Å². The number of hydrazone groups is 1. The van der Waals surface area contributed by atoms with Crippen molar-refractivity contribution in [2.75, 3.05) is 45.3 Å². The van der Waals surface area contributed by atoms with Crippen molar-refractivity contribution in [2.24, 2.45) is 5.10 Å². The van der Waals surface area contributed by atoms with Crippen LogP contribution >= 0.6 is 0 Å². The second-order valence-corrected chi connectivity index (χ2v) is 6.96. The Morgan fingerprint density at radius 3 is 2.82 bits per heavy atom. The van der Waals surface area contributed by atoms with Crippen molar-refractivity contribution in [1.82, 2.24) is 10.3 Å². The Bertz CT molecular complexity index is 757. The molecule has 2 heterocycles. The summed E-state index contributed by atoms with van der Waals surface area (Å²) >= 11 is 0. The van der Waals surface area contributed by atoms with E-state index in [1.165, 1.54) is 0 Å². The highest BCUT2D eigenvalue weighted by Crippen LogP contribution is 2.35. The predicted molar refractivity (Wildman–Crippen MR) is 107 cm³/mol.